The van der Waals surface area contributed by atoms with E-state index in [1.165, 1.54) is 6.33 Å². The van der Waals surface area contributed by atoms with Crippen LogP contribution in [0.15, 0.2) is 10.8 Å². The van der Waals surface area contributed by atoms with Crippen molar-refractivity contribution in [3.05, 3.63) is 16.0 Å². The molecule has 0 aliphatic rings. The third kappa shape index (κ3) is 4.61. The highest BCUT2D eigenvalue weighted by atomic mass is 79.9. The molecular weight excluding hydrogens is 297 g/mol. The van der Waals surface area contributed by atoms with Crippen LogP contribution < -0.4 is 5.32 Å². The summed E-state index contributed by atoms with van der Waals surface area (Å²) >= 11 is 9.10. The van der Waals surface area contributed by atoms with Crippen molar-refractivity contribution < 1.29 is 9.47 Å². The maximum atomic E-state index is 5.81. The molecule has 0 aromatic carbocycles. The van der Waals surface area contributed by atoms with E-state index in [4.69, 9.17) is 21.1 Å². The number of ether oxygens (including phenoxy) is 2. The maximum Gasteiger partial charge on any atom is 0.148 e. The molecule has 0 unspecified atom stereocenters. The Hall–Kier alpha value is -0.430. The standard InChI is InChI=1S/C9H13BrClN3O2/c1-15-4-5-16-3-2-12-9-7(10)8(11)13-6-14-9/h6H,2-5H2,1H3,(H,12,13,14). The summed E-state index contributed by atoms with van der Waals surface area (Å²) in [4.78, 5) is 7.87. The minimum Gasteiger partial charge on any atom is -0.382 e. The molecule has 16 heavy (non-hydrogen) atoms. The maximum absolute atomic E-state index is 5.81. The van der Waals surface area contributed by atoms with Crippen LogP contribution in [0, 0.1) is 0 Å². The van der Waals surface area contributed by atoms with E-state index < -0.39 is 0 Å². The first kappa shape index (κ1) is 13.6. The van der Waals surface area contributed by atoms with Crippen molar-refractivity contribution in [2.24, 2.45) is 0 Å². The summed E-state index contributed by atoms with van der Waals surface area (Å²) in [7, 11) is 1.64. The van der Waals surface area contributed by atoms with Crippen molar-refractivity contribution in [1.29, 1.82) is 0 Å². The number of hydrogen-bond donors (Lipinski definition) is 1. The molecule has 1 aromatic rings. The lowest BCUT2D eigenvalue weighted by Gasteiger charge is -2.08. The molecule has 0 aliphatic heterocycles. The minimum absolute atomic E-state index is 0.387. The summed E-state index contributed by atoms with van der Waals surface area (Å²) in [5.74, 6) is 0.662. The second-order valence-corrected chi connectivity index (χ2v) is 4.01. The first-order chi connectivity index (χ1) is 7.75. The molecule has 0 spiro atoms. The molecule has 0 amide bonds. The number of halogens is 2. The molecule has 0 fully saturated rings. The molecule has 1 rings (SSSR count). The van der Waals surface area contributed by atoms with Crippen molar-refractivity contribution in [2.75, 3.05) is 38.8 Å². The predicted octanol–water partition coefficient (Wildman–Crippen LogP) is 1.97. The van der Waals surface area contributed by atoms with Gasteiger partial charge in [0.15, 0.2) is 0 Å². The van der Waals surface area contributed by atoms with E-state index in [0.717, 1.165) is 0 Å². The van der Waals surface area contributed by atoms with Gasteiger partial charge in [0, 0.05) is 13.7 Å². The third-order valence-corrected chi connectivity index (χ3v) is 2.98. The van der Waals surface area contributed by atoms with Crippen LogP contribution in [0.4, 0.5) is 5.82 Å². The number of nitrogens with zero attached hydrogens (tertiary/aromatic N) is 2. The van der Waals surface area contributed by atoms with Crippen molar-refractivity contribution in [3.8, 4) is 0 Å². The van der Waals surface area contributed by atoms with E-state index in [1.54, 1.807) is 7.11 Å². The zero-order valence-electron chi connectivity index (χ0n) is 8.87. The number of nitrogens with one attached hydrogen (secondary N) is 1. The van der Waals surface area contributed by atoms with Gasteiger partial charge in [-0.25, -0.2) is 9.97 Å². The summed E-state index contributed by atoms with van der Waals surface area (Å²) in [6, 6.07) is 0. The van der Waals surface area contributed by atoms with E-state index >= 15 is 0 Å². The van der Waals surface area contributed by atoms with Crippen LogP contribution in [0.5, 0.6) is 0 Å². The zero-order chi connectivity index (χ0) is 11.8. The molecule has 0 saturated heterocycles. The van der Waals surface area contributed by atoms with Gasteiger partial charge in [-0.05, 0) is 15.9 Å². The monoisotopic (exact) mass is 309 g/mol. The Morgan fingerprint density at radius 3 is 2.94 bits per heavy atom. The van der Waals surface area contributed by atoms with Crippen molar-refractivity contribution in [1.82, 2.24) is 9.97 Å². The Balaban J connectivity index is 2.24. The fraction of sp³-hybridized carbons (Fsp3) is 0.556. The predicted molar refractivity (Wildman–Crippen MR) is 65.9 cm³/mol. The molecule has 0 aliphatic carbocycles. The van der Waals surface area contributed by atoms with E-state index in [0.29, 0.717) is 41.8 Å². The first-order valence-electron chi connectivity index (χ1n) is 4.72. The molecule has 7 heteroatoms. The van der Waals surface area contributed by atoms with Crippen LogP contribution in [0.3, 0.4) is 0 Å². The molecule has 0 saturated carbocycles. The molecule has 1 aromatic heterocycles. The fourth-order valence-electron chi connectivity index (χ4n) is 0.958. The summed E-state index contributed by atoms with van der Waals surface area (Å²) in [6.45, 7) is 2.42. The fourth-order valence-corrected chi connectivity index (χ4v) is 1.44. The third-order valence-electron chi connectivity index (χ3n) is 1.72. The second kappa shape index (κ2) is 7.78. The lowest BCUT2D eigenvalue weighted by Crippen LogP contribution is -2.13. The van der Waals surface area contributed by atoms with E-state index in [2.05, 4.69) is 31.2 Å². The smallest absolute Gasteiger partial charge is 0.148 e. The lowest BCUT2D eigenvalue weighted by atomic mass is 10.5. The van der Waals surface area contributed by atoms with Gasteiger partial charge in [0.1, 0.15) is 17.3 Å². The van der Waals surface area contributed by atoms with Gasteiger partial charge < -0.3 is 14.8 Å². The van der Waals surface area contributed by atoms with Crippen LogP contribution in [-0.2, 0) is 9.47 Å². The molecule has 0 atom stereocenters. The number of rotatable bonds is 7. The number of anilines is 1. The van der Waals surface area contributed by atoms with E-state index in [1.807, 2.05) is 0 Å². The van der Waals surface area contributed by atoms with E-state index in [9.17, 15) is 0 Å². The van der Waals surface area contributed by atoms with Gasteiger partial charge in [-0.2, -0.15) is 0 Å². The van der Waals surface area contributed by atoms with Gasteiger partial charge in [-0.15, -0.1) is 0 Å². The number of hydrogen-bond acceptors (Lipinski definition) is 5. The molecule has 0 radical (unpaired) electrons. The Morgan fingerprint density at radius 1 is 1.38 bits per heavy atom. The molecule has 5 nitrogen and oxygen atoms in total. The Morgan fingerprint density at radius 2 is 2.19 bits per heavy atom. The van der Waals surface area contributed by atoms with Gasteiger partial charge in [0.25, 0.3) is 0 Å². The molecular formula is C9H13BrClN3O2. The van der Waals surface area contributed by atoms with Crippen LogP contribution in [0.25, 0.3) is 0 Å². The van der Waals surface area contributed by atoms with Crippen LogP contribution in [-0.4, -0.2) is 43.4 Å². The van der Waals surface area contributed by atoms with Gasteiger partial charge in [-0.1, -0.05) is 11.6 Å². The molecule has 90 valence electrons. The SMILES string of the molecule is COCCOCCNc1ncnc(Cl)c1Br. The Labute approximate surface area is 108 Å². The number of methoxy groups -OCH3 is 1. The quantitative estimate of drug-likeness (QED) is 0.616. The summed E-state index contributed by atoms with van der Waals surface area (Å²) in [5.41, 5.74) is 0. The topological polar surface area (TPSA) is 56.3 Å². The van der Waals surface area contributed by atoms with Crippen molar-refractivity contribution in [2.45, 2.75) is 0 Å². The van der Waals surface area contributed by atoms with Crippen LogP contribution >= 0.6 is 27.5 Å². The largest absolute Gasteiger partial charge is 0.382 e. The van der Waals surface area contributed by atoms with Crippen LogP contribution in [0.2, 0.25) is 5.15 Å². The molecule has 1 heterocycles. The highest BCUT2D eigenvalue weighted by molar-refractivity contribution is 9.10. The highest BCUT2D eigenvalue weighted by Crippen LogP contribution is 2.25. The number of aromatic nitrogens is 2. The average Bonchev–Trinajstić information content (AvgIpc) is 2.29. The summed E-state index contributed by atoms with van der Waals surface area (Å²) in [6.07, 6.45) is 1.40. The molecule has 0 bridgehead atoms. The lowest BCUT2D eigenvalue weighted by molar-refractivity contribution is 0.0759. The van der Waals surface area contributed by atoms with Crippen molar-refractivity contribution >= 4 is 33.3 Å². The zero-order valence-corrected chi connectivity index (χ0v) is 11.2. The average molecular weight is 311 g/mol. The van der Waals surface area contributed by atoms with E-state index in [-0.39, 0.29) is 0 Å². The Bertz CT molecular complexity index is 328. The minimum atomic E-state index is 0.387. The second-order valence-electron chi connectivity index (χ2n) is 2.86. The first-order valence-corrected chi connectivity index (χ1v) is 5.89. The summed E-state index contributed by atoms with van der Waals surface area (Å²) < 4.78 is 10.8. The summed E-state index contributed by atoms with van der Waals surface area (Å²) in [5, 5.41) is 3.47. The van der Waals surface area contributed by atoms with Crippen LogP contribution in [0.1, 0.15) is 0 Å². The normalized spacial score (nSPS) is 10.4. The molecule has 1 N–H and O–H groups in total. The van der Waals surface area contributed by atoms with Gasteiger partial charge in [-0.3, -0.25) is 0 Å². The van der Waals surface area contributed by atoms with Gasteiger partial charge in [0.05, 0.1) is 24.3 Å². The Kier molecular flexibility index (Phi) is 6.63. The van der Waals surface area contributed by atoms with Gasteiger partial charge >= 0.3 is 0 Å². The highest BCUT2D eigenvalue weighted by Gasteiger charge is 2.05. The van der Waals surface area contributed by atoms with Crippen molar-refractivity contribution in [3.63, 3.8) is 0 Å². The van der Waals surface area contributed by atoms with Gasteiger partial charge in [0.2, 0.25) is 0 Å².